The van der Waals surface area contributed by atoms with Gasteiger partial charge in [0.05, 0.1) is 6.04 Å². The summed E-state index contributed by atoms with van der Waals surface area (Å²) in [5.41, 5.74) is 2.21. The number of halogens is 1. The van der Waals surface area contributed by atoms with Gasteiger partial charge in [-0.05, 0) is 60.4 Å². The maximum Gasteiger partial charge on any atom is 0.252 e. The van der Waals surface area contributed by atoms with Crippen LogP contribution in [0.4, 0.5) is 0 Å². The Morgan fingerprint density at radius 2 is 1.66 bits per heavy atom. The number of benzene rings is 3. The molecule has 3 aromatic rings. The third-order valence-corrected chi connectivity index (χ3v) is 5.38. The molecule has 29 heavy (non-hydrogen) atoms. The summed E-state index contributed by atoms with van der Waals surface area (Å²) in [5.74, 6) is -0.502. The SMILES string of the molecule is CC(=O)CC[C@H](NC(=O)c1ccc(Br)cc1-c1cccc2ccccc12)C(C)=O. The van der Waals surface area contributed by atoms with Gasteiger partial charge < -0.3 is 10.1 Å². The molecule has 0 fully saturated rings. The number of ketones is 2. The van der Waals surface area contributed by atoms with Crippen LogP contribution in [0.5, 0.6) is 0 Å². The van der Waals surface area contributed by atoms with Gasteiger partial charge in [0.25, 0.3) is 5.91 Å². The van der Waals surface area contributed by atoms with Crippen molar-refractivity contribution in [3.05, 3.63) is 70.7 Å². The van der Waals surface area contributed by atoms with Crippen LogP contribution in [0.2, 0.25) is 0 Å². The van der Waals surface area contributed by atoms with Crippen LogP contribution < -0.4 is 5.32 Å². The molecule has 3 aromatic carbocycles. The zero-order valence-corrected chi connectivity index (χ0v) is 18.0. The van der Waals surface area contributed by atoms with Gasteiger partial charge in [0, 0.05) is 16.5 Å². The molecular formula is C24H22BrNO3. The molecule has 3 rings (SSSR count). The lowest BCUT2D eigenvalue weighted by molar-refractivity contribution is -0.119. The summed E-state index contributed by atoms with van der Waals surface area (Å²) >= 11 is 3.50. The van der Waals surface area contributed by atoms with Crippen molar-refractivity contribution in [2.24, 2.45) is 0 Å². The first-order valence-electron chi connectivity index (χ1n) is 9.45. The Morgan fingerprint density at radius 1 is 0.931 bits per heavy atom. The lowest BCUT2D eigenvalue weighted by Gasteiger charge is -2.18. The fraction of sp³-hybridized carbons (Fsp3) is 0.208. The van der Waals surface area contributed by atoms with Crippen LogP contribution in [0, 0.1) is 0 Å². The van der Waals surface area contributed by atoms with Crippen LogP contribution in [-0.4, -0.2) is 23.5 Å². The molecule has 0 bridgehead atoms. The zero-order valence-electron chi connectivity index (χ0n) is 16.4. The first kappa shape index (κ1) is 20.9. The van der Waals surface area contributed by atoms with Crippen LogP contribution in [0.3, 0.4) is 0 Å². The van der Waals surface area contributed by atoms with E-state index in [1.165, 1.54) is 13.8 Å². The number of carbonyl (C=O) groups excluding carboxylic acids is 3. The van der Waals surface area contributed by atoms with Crippen molar-refractivity contribution in [3.8, 4) is 11.1 Å². The van der Waals surface area contributed by atoms with Gasteiger partial charge in [-0.1, -0.05) is 58.4 Å². The molecule has 1 N–H and O–H groups in total. The molecule has 0 aromatic heterocycles. The molecular weight excluding hydrogens is 430 g/mol. The van der Waals surface area contributed by atoms with Gasteiger partial charge in [-0.15, -0.1) is 0 Å². The van der Waals surface area contributed by atoms with Crippen LogP contribution in [0.15, 0.2) is 65.1 Å². The highest BCUT2D eigenvalue weighted by Crippen LogP contribution is 2.33. The second-order valence-corrected chi connectivity index (χ2v) is 8.01. The average molecular weight is 452 g/mol. The van der Waals surface area contributed by atoms with Crippen LogP contribution in [0.25, 0.3) is 21.9 Å². The Kier molecular flexibility index (Phi) is 6.60. The normalized spacial score (nSPS) is 11.8. The minimum Gasteiger partial charge on any atom is -0.342 e. The molecule has 148 valence electrons. The number of carbonyl (C=O) groups is 3. The Hall–Kier alpha value is -2.79. The van der Waals surface area contributed by atoms with Crippen molar-refractivity contribution in [2.45, 2.75) is 32.7 Å². The summed E-state index contributed by atoms with van der Waals surface area (Å²) in [4.78, 5) is 36.4. The smallest absolute Gasteiger partial charge is 0.252 e. The summed E-state index contributed by atoms with van der Waals surface area (Å²) in [6.07, 6.45) is 0.553. The van der Waals surface area contributed by atoms with E-state index >= 15 is 0 Å². The highest BCUT2D eigenvalue weighted by Gasteiger charge is 2.21. The van der Waals surface area contributed by atoms with Gasteiger partial charge in [0.1, 0.15) is 5.78 Å². The molecule has 0 spiro atoms. The van der Waals surface area contributed by atoms with Crippen LogP contribution in [0.1, 0.15) is 37.0 Å². The largest absolute Gasteiger partial charge is 0.342 e. The van der Waals surface area contributed by atoms with Gasteiger partial charge in [-0.2, -0.15) is 0 Å². The van der Waals surface area contributed by atoms with Gasteiger partial charge in [-0.25, -0.2) is 0 Å². The Bertz CT molecular complexity index is 1090. The molecule has 0 saturated heterocycles. The number of nitrogens with one attached hydrogen (secondary N) is 1. The van der Waals surface area contributed by atoms with E-state index in [0.29, 0.717) is 12.0 Å². The quantitative estimate of drug-likeness (QED) is 0.528. The topological polar surface area (TPSA) is 63.2 Å². The molecule has 0 unspecified atom stereocenters. The second-order valence-electron chi connectivity index (χ2n) is 7.09. The lowest BCUT2D eigenvalue weighted by atomic mass is 9.94. The second kappa shape index (κ2) is 9.14. The zero-order chi connectivity index (χ0) is 21.0. The highest BCUT2D eigenvalue weighted by atomic mass is 79.9. The highest BCUT2D eigenvalue weighted by molar-refractivity contribution is 9.10. The average Bonchev–Trinajstić information content (AvgIpc) is 2.70. The van der Waals surface area contributed by atoms with Crippen molar-refractivity contribution in [1.29, 1.82) is 0 Å². The molecule has 0 aliphatic carbocycles. The predicted molar refractivity (Wildman–Crippen MR) is 119 cm³/mol. The fourth-order valence-electron chi connectivity index (χ4n) is 3.36. The molecule has 1 atom stereocenters. The predicted octanol–water partition coefficient (Wildman–Crippen LogP) is 5.33. The molecule has 0 radical (unpaired) electrons. The summed E-state index contributed by atoms with van der Waals surface area (Å²) in [6, 6.07) is 18.8. The monoisotopic (exact) mass is 451 g/mol. The minimum absolute atomic E-state index is 0.00872. The molecule has 0 saturated carbocycles. The van der Waals surface area contributed by atoms with E-state index in [4.69, 9.17) is 0 Å². The molecule has 0 heterocycles. The first-order valence-corrected chi connectivity index (χ1v) is 10.2. The lowest BCUT2D eigenvalue weighted by Crippen LogP contribution is -2.40. The first-order chi connectivity index (χ1) is 13.9. The molecule has 0 aliphatic rings. The van der Waals surface area contributed by atoms with E-state index in [9.17, 15) is 14.4 Å². The van der Waals surface area contributed by atoms with Crippen LogP contribution in [-0.2, 0) is 9.59 Å². The van der Waals surface area contributed by atoms with E-state index in [0.717, 1.165) is 26.4 Å². The van der Waals surface area contributed by atoms with Crippen molar-refractivity contribution in [3.63, 3.8) is 0 Å². The molecule has 1 amide bonds. The third-order valence-electron chi connectivity index (χ3n) is 4.89. The summed E-state index contributed by atoms with van der Waals surface area (Å²) in [6.45, 7) is 2.91. The standard InChI is InChI=1S/C24H22BrNO3/c1-15(27)10-13-23(16(2)28)26-24(29)21-12-11-18(25)14-22(21)20-9-5-7-17-6-3-4-8-19(17)20/h3-9,11-12,14,23H,10,13H2,1-2H3,(H,26,29)/t23-/m0/s1. The molecule has 5 heteroatoms. The van der Waals surface area contributed by atoms with Gasteiger partial charge in [0.2, 0.25) is 0 Å². The van der Waals surface area contributed by atoms with Crippen molar-refractivity contribution in [1.82, 2.24) is 5.32 Å². The van der Waals surface area contributed by atoms with Crippen LogP contribution >= 0.6 is 15.9 Å². The summed E-state index contributed by atoms with van der Waals surface area (Å²) < 4.78 is 0.858. The van der Waals surface area contributed by atoms with E-state index in [1.807, 2.05) is 54.6 Å². The Morgan fingerprint density at radius 3 is 2.38 bits per heavy atom. The van der Waals surface area contributed by atoms with Crippen molar-refractivity contribution < 1.29 is 14.4 Å². The van der Waals surface area contributed by atoms with E-state index < -0.39 is 6.04 Å². The minimum atomic E-state index is -0.685. The van der Waals surface area contributed by atoms with Gasteiger partial charge in [0.15, 0.2) is 5.78 Å². The fourth-order valence-corrected chi connectivity index (χ4v) is 3.72. The number of Topliss-reactive ketones (excluding diaryl/α,β-unsaturated/α-hetero) is 2. The van der Waals surface area contributed by atoms with E-state index in [1.54, 1.807) is 6.07 Å². The molecule has 4 nitrogen and oxygen atoms in total. The summed E-state index contributed by atoms with van der Waals surface area (Å²) in [7, 11) is 0. The van der Waals surface area contributed by atoms with Crippen molar-refractivity contribution >= 4 is 44.2 Å². The maximum atomic E-state index is 13.1. The number of hydrogen-bond donors (Lipinski definition) is 1. The third kappa shape index (κ3) is 4.98. The Labute approximate surface area is 178 Å². The number of rotatable bonds is 7. The number of hydrogen-bond acceptors (Lipinski definition) is 3. The van der Waals surface area contributed by atoms with Crippen molar-refractivity contribution in [2.75, 3.05) is 0 Å². The Balaban J connectivity index is 2.01. The van der Waals surface area contributed by atoms with E-state index in [-0.39, 0.29) is 23.9 Å². The molecule has 0 aliphatic heterocycles. The number of fused-ring (bicyclic) bond motifs is 1. The van der Waals surface area contributed by atoms with E-state index in [2.05, 4.69) is 21.2 Å². The maximum absolute atomic E-state index is 13.1. The number of amides is 1. The van der Waals surface area contributed by atoms with Gasteiger partial charge >= 0.3 is 0 Å². The van der Waals surface area contributed by atoms with Gasteiger partial charge in [-0.3, -0.25) is 9.59 Å². The summed E-state index contributed by atoms with van der Waals surface area (Å²) in [5, 5.41) is 4.94.